The molecule has 0 unspecified atom stereocenters. The number of benzene rings is 2. The van der Waals surface area contributed by atoms with Gasteiger partial charge < -0.3 is 10.1 Å². The average molecular weight is 378 g/mol. The number of anilines is 1. The molecule has 0 atom stereocenters. The Morgan fingerprint density at radius 3 is 2.25 bits per heavy atom. The third-order valence-electron chi connectivity index (χ3n) is 4.64. The summed E-state index contributed by atoms with van der Waals surface area (Å²) in [5, 5.41) is 3.21. The highest BCUT2D eigenvalue weighted by atomic mass is 16.5. The molecule has 0 aliphatic carbocycles. The van der Waals surface area contributed by atoms with Crippen LogP contribution in [0, 0.1) is 13.8 Å². The number of aryl methyl sites for hydroxylation is 2. The number of carbonyl (C=O) groups is 2. The minimum Gasteiger partial charge on any atom is -0.491 e. The Labute approximate surface area is 166 Å². The lowest BCUT2D eigenvalue weighted by Crippen LogP contribution is -2.32. The van der Waals surface area contributed by atoms with E-state index in [1.54, 1.807) is 6.92 Å². The Kier molecular flexibility index (Phi) is 5.54. The maximum atomic E-state index is 12.9. The van der Waals surface area contributed by atoms with Gasteiger partial charge in [0.2, 0.25) is 0 Å². The van der Waals surface area contributed by atoms with E-state index < -0.39 is 0 Å². The zero-order valence-corrected chi connectivity index (χ0v) is 17.0. The summed E-state index contributed by atoms with van der Waals surface area (Å²) in [6.45, 7) is 10.0. The van der Waals surface area contributed by atoms with Crippen molar-refractivity contribution in [2.75, 3.05) is 11.9 Å². The predicted molar refractivity (Wildman–Crippen MR) is 111 cm³/mol. The number of amides is 2. The zero-order valence-electron chi connectivity index (χ0n) is 17.0. The van der Waals surface area contributed by atoms with Crippen molar-refractivity contribution in [3.63, 3.8) is 0 Å². The second kappa shape index (κ2) is 7.89. The molecule has 1 aliphatic heterocycles. The molecule has 0 saturated heterocycles. The molecular formula is C23H26N2O3. The molecular weight excluding hydrogens is 352 g/mol. The fourth-order valence-corrected chi connectivity index (χ4v) is 3.31. The second-order valence-corrected chi connectivity index (χ2v) is 7.24. The van der Waals surface area contributed by atoms with E-state index in [1.165, 1.54) is 4.90 Å². The van der Waals surface area contributed by atoms with Gasteiger partial charge in [0.25, 0.3) is 11.8 Å². The van der Waals surface area contributed by atoms with Crippen LogP contribution in [0.25, 0.3) is 5.57 Å². The van der Waals surface area contributed by atoms with Gasteiger partial charge in [0.05, 0.1) is 11.7 Å². The van der Waals surface area contributed by atoms with Gasteiger partial charge >= 0.3 is 0 Å². The number of rotatable bonds is 6. The summed E-state index contributed by atoms with van der Waals surface area (Å²) in [5.74, 6) is 0.148. The van der Waals surface area contributed by atoms with Gasteiger partial charge in [0, 0.05) is 12.2 Å². The van der Waals surface area contributed by atoms with Gasteiger partial charge in [-0.2, -0.15) is 0 Å². The van der Waals surface area contributed by atoms with Gasteiger partial charge in [-0.05, 0) is 63.9 Å². The topological polar surface area (TPSA) is 58.6 Å². The number of nitrogens with one attached hydrogen (secondary N) is 1. The quantitative estimate of drug-likeness (QED) is 0.762. The van der Waals surface area contributed by atoms with Crippen molar-refractivity contribution in [1.82, 2.24) is 4.90 Å². The van der Waals surface area contributed by atoms with Crippen LogP contribution >= 0.6 is 0 Å². The number of likely N-dealkylation sites (N-methyl/N-ethyl adjacent to an activating group) is 1. The molecule has 28 heavy (non-hydrogen) atoms. The summed E-state index contributed by atoms with van der Waals surface area (Å²) >= 11 is 0. The molecule has 146 valence electrons. The molecule has 0 spiro atoms. The molecule has 0 fully saturated rings. The molecule has 2 amide bonds. The fraction of sp³-hybridized carbons (Fsp3) is 0.304. The lowest BCUT2D eigenvalue weighted by Gasteiger charge is -2.13. The molecule has 5 nitrogen and oxygen atoms in total. The average Bonchev–Trinajstić information content (AvgIpc) is 2.87. The van der Waals surface area contributed by atoms with Crippen molar-refractivity contribution in [2.45, 2.75) is 40.7 Å². The number of imide groups is 1. The van der Waals surface area contributed by atoms with Crippen molar-refractivity contribution < 1.29 is 14.3 Å². The first-order valence-electron chi connectivity index (χ1n) is 9.53. The Bertz CT molecular complexity index is 943. The molecule has 3 rings (SSSR count). The highest BCUT2D eigenvalue weighted by molar-refractivity contribution is 6.36. The number of hydrogen-bond donors (Lipinski definition) is 1. The predicted octanol–water partition coefficient (Wildman–Crippen LogP) is 4.30. The van der Waals surface area contributed by atoms with Crippen molar-refractivity contribution in [1.29, 1.82) is 0 Å². The summed E-state index contributed by atoms with van der Waals surface area (Å²) < 4.78 is 5.68. The van der Waals surface area contributed by atoms with Crippen molar-refractivity contribution in [3.05, 3.63) is 64.9 Å². The fourth-order valence-electron chi connectivity index (χ4n) is 3.31. The van der Waals surface area contributed by atoms with Crippen molar-refractivity contribution >= 4 is 23.1 Å². The smallest absolute Gasteiger partial charge is 0.278 e. The van der Waals surface area contributed by atoms with Crippen LogP contribution in [0.1, 0.15) is 37.5 Å². The SMILES string of the molecule is CCN1C(=O)C(Nc2ccc(C)cc2C)=C(c2ccc(OC(C)C)cc2)C1=O. The molecule has 0 radical (unpaired) electrons. The Hall–Kier alpha value is -3.08. The lowest BCUT2D eigenvalue weighted by atomic mass is 10.0. The van der Waals surface area contributed by atoms with Crippen LogP contribution in [0.3, 0.4) is 0 Å². The van der Waals surface area contributed by atoms with Crippen LogP contribution in [0.2, 0.25) is 0 Å². The lowest BCUT2D eigenvalue weighted by molar-refractivity contribution is -0.136. The minimum absolute atomic E-state index is 0.0667. The molecule has 2 aromatic carbocycles. The highest BCUT2D eigenvalue weighted by Crippen LogP contribution is 2.32. The number of hydrogen-bond acceptors (Lipinski definition) is 4. The molecule has 0 aromatic heterocycles. The van der Waals surface area contributed by atoms with E-state index in [0.717, 1.165) is 22.6 Å². The third-order valence-corrected chi connectivity index (χ3v) is 4.64. The first kappa shape index (κ1) is 19.7. The van der Waals surface area contributed by atoms with Gasteiger partial charge in [0.1, 0.15) is 11.4 Å². The van der Waals surface area contributed by atoms with Crippen LogP contribution in [-0.2, 0) is 9.59 Å². The standard InChI is InChI=1S/C23H26N2O3/c1-6-25-22(26)20(17-8-10-18(11-9-17)28-14(2)3)21(23(25)27)24-19-12-7-15(4)13-16(19)5/h7-14,24H,6H2,1-5H3. The van der Waals surface area contributed by atoms with E-state index in [0.29, 0.717) is 23.4 Å². The van der Waals surface area contributed by atoms with Gasteiger partial charge in [-0.25, -0.2) is 0 Å². The van der Waals surface area contributed by atoms with Crippen LogP contribution in [-0.4, -0.2) is 29.4 Å². The van der Waals surface area contributed by atoms with Crippen LogP contribution in [0.15, 0.2) is 48.2 Å². The van der Waals surface area contributed by atoms with E-state index in [9.17, 15) is 9.59 Å². The summed E-state index contributed by atoms with van der Waals surface area (Å²) in [4.78, 5) is 27.1. The second-order valence-electron chi connectivity index (χ2n) is 7.24. The molecule has 1 heterocycles. The van der Waals surface area contributed by atoms with Gasteiger partial charge in [-0.15, -0.1) is 0 Å². The number of carbonyl (C=O) groups excluding carboxylic acids is 2. The van der Waals surface area contributed by atoms with Crippen molar-refractivity contribution in [2.24, 2.45) is 0 Å². The molecule has 1 aliphatic rings. The zero-order chi connectivity index (χ0) is 20.4. The molecule has 2 aromatic rings. The first-order valence-corrected chi connectivity index (χ1v) is 9.53. The van der Waals surface area contributed by atoms with E-state index in [4.69, 9.17) is 4.74 Å². The Morgan fingerprint density at radius 2 is 1.68 bits per heavy atom. The first-order chi connectivity index (χ1) is 13.3. The highest BCUT2D eigenvalue weighted by Gasteiger charge is 2.38. The van der Waals surface area contributed by atoms with Crippen molar-refractivity contribution in [3.8, 4) is 5.75 Å². The maximum Gasteiger partial charge on any atom is 0.278 e. The molecule has 0 bridgehead atoms. The molecule has 5 heteroatoms. The molecule has 1 N–H and O–H groups in total. The van der Waals surface area contributed by atoms with Gasteiger partial charge in [0.15, 0.2) is 0 Å². The Balaban J connectivity index is 2.03. The third kappa shape index (κ3) is 3.79. The van der Waals surface area contributed by atoms with E-state index >= 15 is 0 Å². The summed E-state index contributed by atoms with van der Waals surface area (Å²) in [7, 11) is 0. The largest absolute Gasteiger partial charge is 0.491 e. The van der Waals surface area contributed by atoms with Crippen LogP contribution in [0.5, 0.6) is 5.75 Å². The summed E-state index contributed by atoms with van der Waals surface area (Å²) in [6.07, 6.45) is 0.0667. The molecule has 0 saturated carbocycles. The summed E-state index contributed by atoms with van der Waals surface area (Å²) in [5.41, 5.74) is 4.37. The van der Waals surface area contributed by atoms with Gasteiger partial charge in [-0.3, -0.25) is 14.5 Å². The van der Waals surface area contributed by atoms with E-state index in [-0.39, 0.29) is 17.9 Å². The van der Waals surface area contributed by atoms with E-state index in [2.05, 4.69) is 5.32 Å². The van der Waals surface area contributed by atoms with Crippen LogP contribution in [0.4, 0.5) is 5.69 Å². The number of ether oxygens (including phenoxy) is 1. The number of nitrogens with zero attached hydrogens (tertiary/aromatic N) is 1. The van der Waals surface area contributed by atoms with Gasteiger partial charge in [-0.1, -0.05) is 29.8 Å². The Morgan fingerprint density at radius 1 is 1.00 bits per heavy atom. The maximum absolute atomic E-state index is 12.9. The minimum atomic E-state index is -0.301. The normalized spacial score (nSPS) is 14.3. The van der Waals surface area contributed by atoms with Crippen LogP contribution < -0.4 is 10.1 Å². The summed E-state index contributed by atoms with van der Waals surface area (Å²) in [6, 6.07) is 13.2. The van der Waals surface area contributed by atoms with E-state index in [1.807, 2.05) is 70.2 Å². The monoisotopic (exact) mass is 378 g/mol.